The minimum Gasteiger partial charge on any atom is -0.329 e. The summed E-state index contributed by atoms with van der Waals surface area (Å²) in [4.78, 5) is 25.0. The molecule has 0 spiro atoms. The van der Waals surface area contributed by atoms with Crippen LogP contribution in [0.1, 0.15) is 0 Å². The lowest BCUT2D eigenvalue weighted by Gasteiger charge is -2.05. The van der Waals surface area contributed by atoms with Gasteiger partial charge in [-0.3, -0.25) is 9.78 Å². The number of thiazole rings is 1. The summed E-state index contributed by atoms with van der Waals surface area (Å²) < 4.78 is 15.6. The van der Waals surface area contributed by atoms with Crippen molar-refractivity contribution in [1.82, 2.24) is 15.0 Å². The van der Waals surface area contributed by atoms with Gasteiger partial charge in [0.1, 0.15) is 5.82 Å². The van der Waals surface area contributed by atoms with Crippen LogP contribution in [0, 0.1) is 5.82 Å². The van der Waals surface area contributed by atoms with Gasteiger partial charge in [-0.15, -0.1) is 11.3 Å². The molecular weight excluding hydrogens is 369 g/mol. The number of hydrogen-bond donors (Lipinski definition) is 1. The van der Waals surface area contributed by atoms with Crippen LogP contribution in [-0.2, 0) is 0 Å². The van der Waals surface area contributed by atoms with Gasteiger partial charge in [-0.05, 0) is 36.4 Å². The third-order valence-electron chi connectivity index (χ3n) is 4.17. The van der Waals surface area contributed by atoms with Crippen LogP contribution in [-0.4, -0.2) is 15.0 Å². The number of rotatable bonds is 2. The zero-order valence-corrected chi connectivity index (χ0v) is 14.8. The van der Waals surface area contributed by atoms with Crippen molar-refractivity contribution in [3.05, 3.63) is 71.2 Å². The Kier molecular flexibility index (Phi) is 3.51. The Labute approximate surface area is 154 Å². The molecule has 2 aromatic carbocycles. The molecule has 0 aliphatic heterocycles. The first-order chi connectivity index (χ1) is 12.7. The molecule has 0 amide bonds. The van der Waals surface area contributed by atoms with Gasteiger partial charge >= 0.3 is 0 Å². The summed E-state index contributed by atoms with van der Waals surface area (Å²) in [7, 11) is 0. The molecule has 5 aromatic rings. The molecule has 0 radical (unpaired) electrons. The predicted molar refractivity (Wildman–Crippen MR) is 104 cm³/mol. The average molecular weight is 379 g/mol. The molecule has 0 fully saturated rings. The van der Waals surface area contributed by atoms with E-state index in [-0.39, 0.29) is 11.4 Å². The lowest BCUT2D eigenvalue weighted by atomic mass is 10.0. The normalized spacial score (nSPS) is 11.6. The second-order valence-corrected chi connectivity index (χ2v) is 8.05. The summed E-state index contributed by atoms with van der Waals surface area (Å²) in [6, 6.07) is 10.2. The van der Waals surface area contributed by atoms with E-state index in [1.54, 1.807) is 36.4 Å². The number of pyridine rings is 2. The Morgan fingerprint density at radius 2 is 1.88 bits per heavy atom. The van der Waals surface area contributed by atoms with Gasteiger partial charge in [-0.1, -0.05) is 11.8 Å². The summed E-state index contributed by atoms with van der Waals surface area (Å²) in [5.74, 6) is -0.372. The summed E-state index contributed by atoms with van der Waals surface area (Å²) in [5, 5.41) is 2.66. The van der Waals surface area contributed by atoms with Gasteiger partial charge < -0.3 is 4.98 Å². The molecule has 0 saturated carbocycles. The van der Waals surface area contributed by atoms with Gasteiger partial charge in [0.05, 0.1) is 15.6 Å². The van der Waals surface area contributed by atoms with Gasteiger partial charge in [-0.25, -0.2) is 9.37 Å². The molecule has 0 aliphatic carbocycles. The molecule has 0 bridgehead atoms. The van der Waals surface area contributed by atoms with Crippen molar-refractivity contribution in [2.24, 2.45) is 0 Å². The van der Waals surface area contributed by atoms with E-state index in [0.717, 1.165) is 30.2 Å². The number of halogens is 1. The quantitative estimate of drug-likeness (QED) is 0.440. The summed E-state index contributed by atoms with van der Waals surface area (Å²) in [5.41, 5.74) is 0.566. The van der Waals surface area contributed by atoms with Crippen LogP contribution in [0.2, 0.25) is 0 Å². The SMILES string of the molecule is O=c1[nH]ccc2c3sc(Sc4ccncc4)nc3c3ccc(F)cc3c12. The number of fused-ring (bicyclic) bond motifs is 6. The molecule has 1 N–H and O–H groups in total. The highest BCUT2D eigenvalue weighted by molar-refractivity contribution is 8.01. The second kappa shape index (κ2) is 5.89. The van der Waals surface area contributed by atoms with Crippen molar-refractivity contribution in [1.29, 1.82) is 0 Å². The van der Waals surface area contributed by atoms with Crippen LogP contribution in [0.25, 0.3) is 31.8 Å². The molecule has 0 unspecified atom stereocenters. The highest BCUT2D eigenvalue weighted by Gasteiger charge is 2.16. The Hall–Kier alpha value is -2.77. The van der Waals surface area contributed by atoms with E-state index < -0.39 is 0 Å². The van der Waals surface area contributed by atoms with E-state index in [1.807, 2.05) is 18.2 Å². The zero-order chi connectivity index (χ0) is 17.7. The van der Waals surface area contributed by atoms with E-state index in [0.29, 0.717) is 10.8 Å². The fraction of sp³-hybridized carbons (Fsp3) is 0. The van der Waals surface area contributed by atoms with E-state index >= 15 is 0 Å². The summed E-state index contributed by atoms with van der Waals surface area (Å²) in [6.45, 7) is 0. The number of aromatic nitrogens is 3. The molecular formula is C19H10FN3OS2. The molecule has 26 heavy (non-hydrogen) atoms. The molecule has 0 saturated heterocycles. The van der Waals surface area contributed by atoms with E-state index in [4.69, 9.17) is 4.98 Å². The standard InChI is InChI=1S/C19H10FN3OS2/c20-10-1-2-12-14(9-10)15-13(5-8-22-18(15)24)17-16(12)23-19(26-17)25-11-3-6-21-7-4-11/h1-9H,(H,22,24). The van der Waals surface area contributed by atoms with Crippen LogP contribution >= 0.6 is 23.1 Å². The first kappa shape index (κ1) is 15.5. The number of nitrogens with zero attached hydrogens (tertiary/aromatic N) is 2. The van der Waals surface area contributed by atoms with Crippen LogP contribution in [0.15, 0.2) is 69.0 Å². The molecule has 0 atom stereocenters. The Morgan fingerprint density at radius 1 is 1.04 bits per heavy atom. The molecule has 4 nitrogen and oxygen atoms in total. The highest BCUT2D eigenvalue weighted by atomic mass is 32.2. The van der Waals surface area contributed by atoms with Crippen LogP contribution < -0.4 is 5.56 Å². The number of nitrogens with one attached hydrogen (secondary N) is 1. The van der Waals surface area contributed by atoms with E-state index in [2.05, 4.69) is 9.97 Å². The lowest BCUT2D eigenvalue weighted by molar-refractivity contribution is 0.630. The number of H-pyrrole nitrogens is 1. The van der Waals surface area contributed by atoms with Crippen molar-refractivity contribution >= 4 is 54.9 Å². The van der Waals surface area contributed by atoms with Gasteiger partial charge in [-0.2, -0.15) is 0 Å². The molecule has 7 heteroatoms. The smallest absolute Gasteiger partial charge is 0.256 e. The molecule has 5 rings (SSSR count). The second-order valence-electron chi connectivity index (χ2n) is 5.73. The monoisotopic (exact) mass is 379 g/mol. The number of hydrogen-bond acceptors (Lipinski definition) is 5. The van der Waals surface area contributed by atoms with Crippen molar-refractivity contribution in [3.8, 4) is 0 Å². The van der Waals surface area contributed by atoms with Gasteiger partial charge in [0.25, 0.3) is 5.56 Å². The highest BCUT2D eigenvalue weighted by Crippen LogP contribution is 2.40. The molecule has 3 heterocycles. The zero-order valence-electron chi connectivity index (χ0n) is 13.2. The van der Waals surface area contributed by atoms with E-state index in [1.165, 1.54) is 23.5 Å². The molecule has 126 valence electrons. The van der Waals surface area contributed by atoms with Crippen LogP contribution in [0.4, 0.5) is 4.39 Å². The maximum atomic E-state index is 13.8. The van der Waals surface area contributed by atoms with Crippen molar-refractivity contribution in [3.63, 3.8) is 0 Å². The maximum Gasteiger partial charge on any atom is 0.256 e. The van der Waals surface area contributed by atoms with Gasteiger partial charge in [0.15, 0.2) is 4.34 Å². The van der Waals surface area contributed by atoms with Crippen LogP contribution in [0.3, 0.4) is 0 Å². The summed E-state index contributed by atoms with van der Waals surface area (Å²) >= 11 is 3.08. The fourth-order valence-electron chi connectivity index (χ4n) is 3.08. The van der Waals surface area contributed by atoms with Crippen molar-refractivity contribution < 1.29 is 4.39 Å². The molecule has 3 aromatic heterocycles. The third kappa shape index (κ3) is 2.40. The van der Waals surface area contributed by atoms with Crippen molar-refractivity contribution in [2.45, 2.75) is 9.24 Å². The minimum atomic E-state index is -0.372. The third-order valence-corrected chi connectivity index (χ3v) is 6.33. The number of benzene rings is 2. The van der Waals surface area contributed by atoms with Gasteiger partial charge in [0.2, 0.25) is 0 Å². The first-order valence-electron chi connectivity index (χ1n) is 7.82. The van der Waals surface area contributed by atoms with Gasteiger partial charge in [0, 0.05) is 39.6 Å². The molecule has 0 aliphatic rings. The Bertz CT molecular complexity index is 1350. The fourth-order valence-corrected chi connectivity index (χ4v) is 5.23. The Balaban J connectivity index is 1.87. The van der Waals surface area contributed by atoms with Crippen LogP contribution in [0.5, 0.6) is 0 Å². The number of aromatic amines is 1. The topological polar surface area (TPSA) is 58.6 Å². The maximum absolute atomic E-state index is 13.8. The summed E-state index contributed by atoms with van der Waals surface area (Å²) in [6.07, 6.45) is 5.09. The Morgan fingerprint density at radius 3 is 2.73 bits per heavy atom. The minimum absolute atomic E-state index is 0.225. The lowest BCUT2D eigenvalue weighted by Crippen LogP contribution is -2.05. The predicted octanol–water partition coefficient (Wildman–Crippen LogP) is 4.98. The van der Waals surface area contributed by atoms with Crippen molar-refractivity contribution in [2.75, 3.05) is 0 Å². The van der Waals surface area contributed by atoms with E-state index in [9.17, 15) is 9.18 Å². The average Bonchev–Trinajstić information content (AvgIpc) is 3.06. The first-order valence-corrected chi connectivity index (χ1v) is 9.45. The largest absolute Gasteiger partial charge is 0.329 e.